The monoisotopic (exact) mass is 261 g/mol. The molecule has 0 saturated heterocycles. The van der Waals surface area contributed by atoms with Crippen molar-refractivity contribution >= 4 is 22.7 Å². The van der Waals surface area contributed by atoms with Crippen LogP contribution >= 0.6 is 0 Å². The van der Waals surface area contributed by atoms with Crippen LogP contribution in [0.2, 0.25) is 0 Å². The molecular weight excluding hydrogens is 246 g/mol. The van der Waals surface area contributed by atoms with Crippen molar-refractivity contribution in [3.8, 4) is 11.1 Å². The van der Waals surface area contributed by atoms with E-state index in [-0.39, 0.29) is 0 Å². The summed E-state index contributed by atoms with van der Waals surface area (Å²) >= 11 is 0. The molecule has 0 spiro atoms. The fourth-order valence-electron chi connectivity index (χ4n) is 2.37. The highest BCUT2D eigenvalue weighted by Crippen LogP contribution is 2.26. The van der Waals surface area contributed by atoms with E-state index in [1.807, 2.05) is 37.4 Å². The van der Waals surface area contributed by atoms with Crippen LogP contribution in [0.4, 0.5) is 5.69 Å². The topological polar surface area (TPSA) is 29.1 Å². The lowest BCUT2D eigenvalue weighted by atomic mass is 10.00. The first kappa shape index (κ1) is 12.4. The zero-order chi connectivity index (χ0) is 13.9. The van der Waals surface area contributed by atoms with Crippen LogP contribution in [0, 0.1) is 0 Å². The zero-order valence-electron chi connectivity index (χ0n) is 11.3. The molecule has 0 bridgehead atoms. The highest BCUT2D eigenvalue weighted by Gasteiger charge is 2.02. The van der Waals surface area contributed by atoms with E-state index in [0.717, 1.165) is 33.9 Å². The minimum atomic E-state index is 0.707. The molecule has 0 aliphatic rings. The van der Waals surface area contributed by atoms with Gasteiger partial charge in [0, 0.05) is 18.3 Å². The molecule has 0 atom stereocenters. The Balaban J connectivity index is 2.13. The highest BCUT2D eigenvalue weighted by atomic mass is 16.1. The summed E-state index contributed by atoms with van der Waals surface area (Å²) in [6, 6.07) is 20.3. The molecular formula is C18H15NO. The maximum absolute atomic E-state index is 10.9. The van der Waals surface area contributed by atoms with E-state index in [1.165, 1.54) is 0 Å². The van der Waals surface area contributed by atoms with Gasteiger partial charge in [-0.3, -0.25) is 4.79 Å². The van der Waals surface area contributed by atoms with Crippen molar-refractivity contribution in [2.45, 2.75) is 0 Å². The van der Waals surface area contributed by atoms with Crippen LogP contribution in [0.25, 0.3) is 21.9 Å². The van der Waals surface area contributed by atoms with Crippen molar-refractivity contribution in [2.24, 2.45) is 0 Å². The number of aldehydes is 1. The number of anilines is 1. The fourth-order valence-corrected chi connectivity index (χ4v) is 2.37. The van der Waals surface area contributed by atoms with Gasteiger partial charge in [-0.15, -0.1) is 0 Å². The van der Waals surface area contributed by atoms with E-state index in [4.69, 9.17) is 0 Å². The Morgan fingerprint density at radius 1 is 0.850 bits per heavy atom. The maximum Gasteiger partial charge on any atom is 0.150 e. The molecule has 0 aromatic heterocycles. The fraction of sp³-hybridized carbons (Fsp3) is 0.0556. The summed E-state index contributed by atoms with van der Waals surface area (Å²) in [5, 5.41) is 5.37. The number of nitrogens with one attached hydrogen (secondary N) is 1. The van der Waals surface area contributed by atoms with E-state index in [1.54, 1.807) is 0 Å². The van der Waals surface area contributed by atoms with Gasteiger partial charge in [-0.05, 0) is 46.2 Å². The molecule has 3 aromatic rings. The number of carbonyl (C=O) groups is 1. The zero-order valence-corrected chi connectivity index (χ0v) is 11.3. The summed E-state index contributed by atoms with van der Waals surface area (Å²) in [4.78, 5) is 10.9. The lowest BCUT2D eigenvalue weighted by Gasteiger charge is -2.07. The quantitative estimate of drug-likeness (QED) is 0.710. The van der Waals surface area contributed by atoms with Crippen LogP contribution in [-0.4, -0.2) is 13.3 Å². The molecule has 0 aliphatic carbocycles. The first-order valence-corrected chi connectivity index (χ1v) is 6.57. The average Bonchev–Trinajstić information content (AvgIpc) is 2.53. The number of carbonyl (C=O) groups excluding carboxylic acids is 1. The van der Waals surface area contributed by atoms with Crippen molar-refractivity contribution in [3.05, 3.63) is 66.2 Å². The molecule has 0 saturated carbocycles. The predicted molar refractivity (Wildman–Crippen MR) is 84.3 cm³/mol. The molecule has 2 heteroatoms. The van der Waals surface area contributed by atoms with Gasteiger partial charge in [0.15, 0.2) is 0 Å². The van der Waals surface area contributed by atoms with Crippen LogP contribution in [0.1, 0.15) is 10.4 Å². The normalized spacial score (nSPS) is 10.4. The average molecular weight is 261 g/mol. The van der Waals surface area contributed by atoms with Gasteiger partial charge in [0.25, 0.3) is 0 Å². The summed E-state index contributed by atoms with van der Waals surface area (Å²) in [7, 11) is 1.91. The summed E-state index contributed by atoms with van der Waals surface area (Å²) in [6.45, 7) is 0. The van der Waals surface area contributed by atoms with Crippen LogP contribution < -0.4 is 5.32 Å². The maximum atomic E-state index is 10.9. The van der Waals surface area contributed by atoms with Gasteiger partial charge in [0.05, 0.1) is 0 Å². The van der Waals surface area contributed by atoms with Crippen LogP contribution in [0.5, 0.6) is 0 Å². The molecule has 0 aliphatic heterocycles. The highest BCUT2D eigenvalue weighted by molar-refractivity contribution is 5.92. The van der Waals surface area contributed by atoms with Gasteiger partial charge in [-0.25, -0.2) is 0 Å². The Kier molecular flexibility index (Phi) is 3.21. The van der Waals surface area contributed by atoms with Crippen LogP contribution in [0.3, 0.4) is 0 Å². The van der Waals surface area contributed by atoms with Gasteiger partial charge in [0.2, 0.25) is 0 Å². The number of benzene rings is 3. The number of rotatable bonds is 3. The van der Waals surface area contributed by atoms with Crippen molar-refractivity contribution < 1.29 is 4.79 Å². The first-order valence-electron chi connectivity index (χ1n) is 6.57. The third-order valence-electron chi connectivity index (χ3n) is 3.48. The summed E-state index contributed by atoms with van der Waals surface area (Å²) < 4.78 is 0. The Morgan fingerprint density at radius 3 is 2.45 bits per heavy atom. The summed E-state index contributed by atoms with van der Waals surface area (Å²) in [6.07, 6.45) is 0.883. The van der Waals surface area contributed by atoms with Gasteiger partial charge in [-0.2, -0.15) is 0 Å². The van der Waals surface area contributed by atoms with Crippen molar-refractivity contribution in [3.63, 3.8) is 0 Å². The number of fused-ring (bicyclic) bond motifs is 1. The molecule has 3 aromatic carbocycles. The molecule has 2 nitrogen and oxygen atoms in total. The van der Waals surface area contributed by atoms with E-state index in [2.05, 4.69) is 35.6 Å². The number of hydrogen-bond donors (Lipinski definition) is 1. The Bertz CT molecular complexity index is 777. The van der Waals surface area contributed by atoms with Gasteiger partial charge >= 0.3 is 0 Å². The predicted octanol–water partition coefficient (Wildman–Crippen LogP) is 4.36. The van der Waals surface area contributed by atoms with E-state index >= 15 is 0 Å². The van der Waals surface area contributed by atoms with Gasteiger partial charge in [0.1, 0.15) is 6.29 Å². The Morgan fingerprint density at radius 2 is 1.65 bits per heavy atom. The molecule has 0 heterocycles. The van der Waals surface area contributed by atoms with E-state index < -0.39 is 0 Å². The molecule has 1 N–H and O–H groups in total. The van der Waals surface area contributed by atoms with Gasteiger partial charge < -0.3 is 5.32 Å². The largest absolute Gasteiger partial charge is 0.388 e. The lowest BCUT2D eigenvalue weighted by Crippen LogP contribution is -1.88. The van der Waals surface area contributed by atoms with Crippen molar-refractivity contribution in [1.82, 2.24) is 0 Å². The molecule has 3 rings (SSSR count). The minimum absolute atomic E-state index is 0.707. The minimum Gasteiger partial charge on any atom is -0.388 e. The lowest BCUT2D eigenvalue weighted by molar-refractivity contribution is 0.112. The molecule has 20 heavy (non-hydrogen) atoms. The second-order valence-corrected chi connectivity index (χ2v) is 4.77. The van der Waals surface area contributed by atoms with Gasteiger partial charge in [-0.1, -0.05) is 36.4 Å². The number of hydrogen-bond acceptors (Lipinski definition) is 2. The van der Waals surface area contributed by atoms with Crippen molar-refractivity contribution in [2.75, 3.05) is 12.4 Å². The molecule has 0 radical (unpaired) electrons. The Hall–Kier alpha value is -2.61. The first-order chi connectivity index (χ1) is 9.80. The van der Waals surface area contributed by atoms with Crippen LogP contribution in [-0.2, 0) is 0 Å². The molecule has 98 valence electrons. The summed E-state index contributed by atoms with van der Waals surface area (Å²) in [5.41, 5.74) is 4.11. The van der Waals surface area contributed by atoms with E-state index in [9.17, 15) is 4.79 Å². The SMILES string of the molecule is CNc1cccc(-c2ccc3ccc(C=O)cc3c2)c1. The second kappa shape index (κ2) is 5.17. The molecule has 0 amide bonds. The molecule has 0 unspecified atom stereocenters. The third-order valence-corrected chi connectivity index (χ3v) is 3.48. The smallest absolute Gasteiger partial charge is 0.150 e. The van der Waals surface area contributed by atoms with Crippen molar-refractivity contribution in [1.29, 1.82) is 0 Å². The van der Waals surface area contributed by atoms with E-state index in [0.29, 0.717) is 5.56 Å². The van der Waals surface area contributed by atoms with Crippen LogP contribution in [0.15, 0.2) is 60.7 Å². The summed E-state index contributed by atoms with van der Waals surface area (Å²) in [5.74, 6) is 0. The third kappa shape index (κ3) is 2.28. The standard InChI is InChI=1S/C18H15NO/c1-19-18-4-2-3-15(11-18)16-8-7-14-6-5-13(12-20)9-17(14)10-16/h2-12,19H,1H3. The Labute approximate surface area is 118 Å². The second-order valence-electron chi connectivity index (χ2n) is 4.77. The molecule has 0 fully saturated rings.